The SMILES string of the molecule is C=CC[C@@H](CC([CH2][Sn]([CH2]CCC)([CH2]CCC)[CH2]CCC)=C(C)C)O[Si](C)(C)C(C)(C)C. The minimum absolute atomic E-state index is 0.254. The van der Waals surface area contributed by atoms with Gasteiger partial charge >= 0.3 is 204 Å². The minimum atomic E-state index is -2.21. The Morgan fingerprint density at radius 3 is 1.71 bits per heavy atom. The molecule has 0 bridgehead atoms. The molecule has 1 nitrogen and oxygen atoms in total. The van der Waals surface area contributed by atoms with Crippen LogP contribution in [0.1, 0.15) is 107 Å². The molecule has 0 aliphatic rings. The maximum atomic E-state index is 6.94. The molecule has 0 N–H and O–H groups in total. The van der Waals surface area contributed by atoms with Gasteiger partial charge in [0.15, 0.2) is 0 Å². The van der Waals surface area contributed by atoms with Crippen molar-refractivity contribution in [2.45, 2.75) is 149 Å². The van der Waals surface area contributed by atoms with Crippen LogP contribution >= 0.6 is 0 Å². The van der Waals surface area contributed by atoms with Crippen molar-refractivity contribution in [3.63, 3.8) is 0 Å². The van der Waals surface area contributed by atoms with Gasteiger partial charge in [-0.15, -0.1) is 0 Å². The fourth-order valence-corrected chi connectivity index (χ4v) is 22.9. The summed E-state index contributed by atoms with van der Waals surface area (Å²) in [6, 6.07) is 0. The van der Waals surface area contributed by atoms with Crippen molar-refractivity contribution in [3.05, 3.63) is 23.8 Å². The Kier molecular flexibility index (Phi) is 15.6. The maximum absolute atomic E-state index is 6.94. The first-order valence-corrected chi connectivity index (χ1v) is 24.3. The summed E-state index contributed by atoms with van der Waals surface area (Å²) in [5, 5.41) is 0.254. The zero-order valence-electron chi connectivity index (χ0n) is 23.3. The van der Waals surface area contributed by atoms with E-state index in [2.05, 4.69) is 81.1 Å². The zero-order chi connectivity index (χ0) is 24.1. The van der Waals surface area contributed by atoms with Gasteiger partial charge in [0.2, 0.25) is 0 Å². The van der Waals surface area contributed by atoms with Crippen LogP contribution in [-0.4, -0.2) is 32.8 Å². The second kappa shape index (κ2) is 15.4. The van der Waals surface area contributed by atoms with E-state index in [1.807, 2.05) is 0 Å². The van der Waals surface area contributed by atoms with Gasteiger partial charge in [-0.2, -0.15) is 0 Å². The molecule has 0 radical (unpaired) electrons. The summed E-state index contributed by atoms with van der Waals surface area (Å²) in [5.41, 5.74) is 3.32. The molecule has 0 spiro atoms. The molecule has 0 fully saturated rings. The van der Waals surface area contributed by atoms with Crippen LogP contribution in [-0.2, 0) is 4.43 Å². The molecule has 0 amide bonds. The third-order valence-electron chi connectivity index (χ3n) is 7.65. The van der Waals surface area contributed by atoms with Gasteiger partial charge in [0.05, 0.1) is 0 Å². The molecule has 184 valence electrons. The van der Waals surface area contributed by atoms with Crippen molar-refractivity contribution in [1.82, 2.24) is 0 Å². The molecule has 0 unspecified atom stereocenters. The van der Waals surface area contributed by atoms with Crippen LogP contribution in [0.5, 0.6) is 0 Å². The third kappa shape index (κ3) is 11.9. The van der Waals surface area contributed by atoms with Gasteiger partial charge in [0, 0.05) is 0 Å². The zero-order valence-corrected chi connectivity index (χ0v) is 27.1. The van der Waals surface area contributed by atoms with Crippen molar-refractivity contribution >= 4 is 26.7 Å². The van der Waals surface area contributed by atoms with Gasteiger partial charge < -0.3 is 0 Å². The summed E-state index contributed by atoms with van der Waals surface area (Å²) in [7, 11) is -1.78. The van der Waals surface area contributed by atoms with Gasteiger partial charge in [0.1, 0.15) is 0 Å². The Bertz CT molecular complexity index is 504. The number of hydrogen-bond acceptors (Lipinski definition) is 1. The van der Waals surface area contributed by atoms with E-state index in [-0.39, 0.29) is 5.04 Å². The van der Waals surface area contributed by atoms with Crippen molar-refractivity contribution < 1.29 is 4.43 Å². The molecule has 0 aromatic heterocycles. The molecule has 0 aromatic rings. The summed E-state index contributed by atoms with van der Waals surface area (Å²) >= 11 is -2.21. The van der Waals surface area contributed by atoms with Crippen LogP contribution in [0.3, 0.4) is 0 Å². The van der Waals surface area contributed by atoms with Gasteiger partial charge in [-0.05, 0) is 0 Å². The fourth-order valence-electron chi connectivity index (χ4n) is 4.43. The summed E-state index contributed by atoms with van der Waals surface area (Å²) < 4.78 is 13.2. The Labute approximate surface area is 202 Å². The van der Waals surface area contributed by atoms with Crippen molar-refractivity contribution in [2.24, 2.45) is 0 Å². The number of rotatable bonds is 17. The van der Waals surface area contributed by atoms with E-state index in [0.29, 0.717) is 6.10 Å². The molecule has 0 heterocycles. The third-order valence-corrected chi connectivity index (χ3v) is 27.7. The van der Waals surface area contributed by atoms with Crippen LogP contribution in [0.2, 0.25) is 35.9 Å². The van der Waals surface area contributed by atoms with Crippen LogP contribution in [0, 0.1) is 0 Å². The van der Waals surface area contributed by atoms with Crippen molar-refractivity contribution in [3.8, 4) is 0 Å². The first-order valence-electron chi connectivity index (χ1n) is 13.3. The average molecular weight is 558 g/mol. The predicted molar refractivity (Wildman–Crippen MR) is 150 cm³/mol. The van der Waals surface area contributed by atoms with E-state index >= 15 is 0 Å². The average Bonchev–Trinajstić information content (AvgIpc) is 2.67. The van der Waals surface area contributed by atoms with E-state index < -0.39 is 26.7 Å². The van der Waals surface area contributed by atoms with Crippen LogP contribution in [0.4, 0.5) is 0 Å². The van der Waals surface area contributed by atoms with Crippen LogP contribution in [0.15, 0.2) is 23.8 Å². The molecular weight excluding hydrogens is 499 g/mol. The number of allylic oxidation sites excluding steroid dienone is 1. The fraction of sp³-hybridized carbons (Fsp3) is 0.857. The van der Waals surface area contributed by atoms with E-state index in [1.165, 1.54) is 43.0 Å². The summed E-state index contributed by atoms with van der Waals surface area (Å²) in [6.45, 7) is 27.8. The molecule has 0 rings (SSSR count). The van der Waals surface area contributed by atoms with Crippen LogP contribution < -0.4 is 0 Å². The van der Waals surface area contributed by atoms with E-state index in [1.54, 1.807) is 24.5 Å². The van der Waals surface area contributed by atoms with Crippen molar-refractivity contribution in [1.29, 1.82) is 0 Å². The molecule has 0 aromatic carbocycles. The molecule has 1 atom stereocenters. The second-order valence-corrected chi connectivity index (χ2v) is 30.4. The Morgan fingerprint density at radius 1 is 0.935 bits per heavy atom. The monoisotopic (exact) mass is 558 g/mol. The summed E-state index contributed by atoms with van der Waals surface area (Å²) in [4.78, 5) is 0. The Balaban J connectivity index is 5.80. The topological polar surface area (TPSA) is 9.23 Å². The van der Waals surface area contributed by atoms with Gasteiger partial charge in [-0.1, -0.05) is 0 Å². The molecule has 0 aliphatic carbocycles. The molecule has 31 heavy (non-hydrogen) atoms. The Hall–Kier alpha value is 0.456. The first-order chi connectivity index (χ1) is 14.4. The first kappa shape index (κ1) is 31.5. The molecule has 0 aliphatic heterocycles. The second-order valence-electron chi connectivity index (χ2n) is 11.8. The van der Waals surface area contributed by atoms with Crippen LogP contribution in [0.25, 0.3) is 0 Å². The van der Waals surface area contributed by atoms with E-state index in [9.17, 15) is 0 Å². The predicted octanol–water partition coefficient (Wildman–Crippen LogP) is 10.5. The summed E-state index contributed by atoms with van der Waals surface area (Å²) in [6.07, 6.45) is 12.9. The quantitative estimate of drug-likeness (QED) is 0.128. The van der Waals surface area contributed by atoms with Crippen molar-refractivity contribution in [2.75, 3.05) is 0 Å². The van der Waals surface area contributed by atoms with E-state index in [4.69, 9.17) is 4.43 Å². The Morgan fingerprint density at radius 2 is 1.39 bits per heavy atom. The van der Waals surface area contributed by atoms with E-state index in [0.717, 1.165) is 12.8 Å². The number of hydrogen-bond donors (Lipinski definition) is 0. The molecule has 0 saturated heterocycles. The molecular formula is C28H58OSiSn. The van der Waals surface area contributed by atoms with Gasteiger partial charge in [0.25, 0.3) is 0 Å². The molecule has 0 saturated carbocycles. The van der Waals surface area contributed by atoms with Gasteiger partial charge in [-0.3, -0.25) is 0 Å². The normalized spacial score (nSPS) is 13.9. The standard InChI is InChI=1S/C16H31OSi.3C4H9.Sn/c1-10-11-15(12-14(4)13(2)3)17-18(8,9)16(5,6)7;3*1-3-4-2;/h10,15H,1,4,11-12H2,2-3,5-9H3;3*1,3-4H2,2H3;/t15-;;;;/m0..../s1. The summed E-state index contributed by atoms with van der Waals surface area (Å²) in [5.74, 6) is 0. The number of unbranched alkanes of at least 4 members (excludes halogenated alkanes) is 3. The molecule has 3 heteroatoms. The van der Waals surface area contributed by atoms with Gasteiger partial charge in [-0.25, -0.2) is 0 Å².